The van der Waals surface area contributed by atoms with Gasteiger partial charge in [0, 0.05) is 25.8 Å². The van der Waals surface area contributed by atoms with Crippen LogP contribution in [0.15, 0.2) is 0 Å². The van der Waals surface area contributed by atoms with Gasteiger partial charge in [-0.15, -0.1) is 0 Å². The molecule has 0 heterocycles. The largest absolute Gasteiger partial charge is 0.349 e. The lowest BCUT2D eigenvalue weighted by atomic mass is 10.2. The highest BCUT2D eigenvalue weighted by Gasteiger charge is 2.12. The SMILES string of the molecule is CN(C)C(=O)CCC(S)CCS(=O)(=O)O. The molecule has 0 rings (SSSR count). The number of rotatable bonds is 6. The number of thiol groups is 1. The van der Waals surface area contributed by atoms with Crippen LogP contribution in [0.1, 0.15) is 19.3 Å². The highest BCUT2D eigenvalue weighted by atomic mass is 32.2. The van der Waals surface area contributed by atoms with Crippen molar-refractivity contribution in [3.05, 3.63) is 0 Å². The zero-order valence-corrected chi connectivity index (χ0v) is 10.6. The van der Waals surface area contributed by atoms with Gasteiger partial charge in [-0.05, 0) is 12.8 Å². The van der Waals surface area contributed by atoms with Crippen molar-refractivity contribution in [1.29, 1.82) is 0 Å². The van der Waals surface area contributed by atoms with Crippen LogP contribution in [0.5, 0.6) is 0 Å². The molecule has 0 aromatic carbocycles. The second-order valence-electron chi connectivity index (χ2n) is 3.56. The van der Waals surface area contributed by atoms with E-state index in [0.29, 0.717) is 12.8 Å². The van der Waals surface area contributed by atoms with E-state index in [1.165, 1.54) is 4.90 Å². The van der Waals surface area contributed by atoms with Crippen LogP contribution < -0.4 is 0 Å². The number of amides is 1. The Bertz CT molecular complexity index is 300. The highest BCUT2D eigenvalue weighted by Crippen LogP contribution is 2.11. The quantitative estimate of drug-likeness (QED) is 0.533. The van der Waals surface area contributed by atoms with Gasteiger partial charge in [-0.25, -0.2) is 0 Å². The molecule has 0 saturated carbocycles. The summed E-state index contributed by atoms with van der Waals surface area (Å²) in [6.45, 7) is 0. The minimum absolute atomic E-state index is 0.0131. The van der Waals surface area contributed by atoms with Gasteiger partial charge in [-0.2, -0.15) is 21.0 Å². The van der Waals surface area contributed by atoms with Gasteiger partial charge in [0.2, 0.25) is 5.91 Å². The Kier molecular flexibility index (Phi) is 6.23. The summed E-state index contributed by atoms with van der Waals surface area (Å²) in [5, 5.41) is -0.184. The Balaban J connectivity index is 3.76. The Labute approximate surface area is 96.0 Å². The number of hydrogen-bond acceptors (Lipinski definition) is 4. The molecule has 0 radical (unpaired) electrons. The molecule has 0 saturated heterocycles. The van der Waals surface area contributed by atoms with Gasteiger partial charge in [0.1, 0.15) is 0 Å². The van der Waals surface area contributed by atoms with Gasteiger partial charge < -0.3 is 4.90 Å². The molecular weight excluding hydrogens is 238 g/mol. The Morgan fingerprint density at radius 2 is 1.93 bits per heavy atom. The zero-order valence-electron chi connectivity index (χ0n) is 8.88. The maximum Gasteiger partial charge on any atom is 0.264 e. The first-order chi connectivity index (χ1) is 6.72. The first kappa shape index (κ1) is 14.7. The molecule has 0 fully saturated rings. The van der Waals surface area contributed by atoms with Crippen LogP contribution in [-0.2, 0) is 14.9 Å². The Morgan fingerprint density at radius 1 is 1.40 bits per heavy atom. The molecule has 1 amide bonds. The van der Waals surface area contributed by atoms with Gasteiger partial charge in [0.15, 0.2) is 0 Å². The van der Waals surface area contributed by atoms with Crippen molar-refractivity contribution in [2.75, 3.05) is 19.8 Å². The Morgan fingerprint density at radius 3 is 2.33 bits per heavy atom. The molecule has 15 heavy (non-hydrogen) atoms. The van der Waals surface area contributed by atoms with E-state index in [1.54, 1.807) is 14.1 Å². The van der Waals surface area contributed by atoms with Crippen molar-refractivity contribution < 1.29 is 17.8 Å². The summed E-state index contributed by atoms with van der Waals surface area (Å²) in [6, 6.07) is 0. The summed E-state index contributed by atoms with van der Waals surface area (Å²) in [4.78, 5) is 12.6. The maximum absolute atomic E-state index is 11.2. The van der Waals surface area contributed by atoms with Crippen molar-refractivity contribution >= 4 is 28.7 Å². The number of hydrogen-bond donors (Lipinski definition) is 2. The van der Waals surface area contributed by atoms with Gasteiger partial charge in [0.25, 0.3) is 10.1 Å². The highest BCUT2D eigenvalue weighted by molar-refractivity contribution is 7.85. The molecule has 0 aliphatic heterocycles. The molecule has 90 valence electrons. The van der Waals surface area contributed by atoms with Gasteiger partial charge in [-0.3, -0.25) is 9.35 Å². The molecule has 0 bridgehead atoms. The summed E-state index contributed by atoms with van der Waals surface area (Å²) < 4.78 is 29.4. The van der Waals surface area contributed by atoms with Gasteiger partial charge >= 0.3 is 0 Å². The molecule has 0 aromatic rings. The van der Waals surface area contributed by atoms with Crippen molar-refractivity contribution in [2.24, 2.45) is 0 Å². The van der Waals surface area contributed by atoms with Crippen LogP contribution in [0.2, 0.25) is 0 Å². The fraction of sp³-hybridized carbons (Fsp3) is 0.875. The predicted octanol–water partition coefficient (Wildman–Crippen LogP) is 0.431. The molecule has 1 atom stereocenters. The summed E-state index contributed by atoms with van der Waals surface area (Å²) in [7, 11) is -0.597. The third-order valence-electron chi connectivity index (χ3n) is 1.90. The number of nitrogens with zero attached hydrogens (tertiary/aromatic N) is 1. The van der Waals surface area contributed by atoms with Crippen molar-refractivity contribution in [3.8, 4) is 0 Å². The molecule has 5 nitrogen and oxygen atoms in total. The van der Waals surface area contributed by atoms with Crippen molar-refractivity contribution in [2.45, 2.75) is 24.5 Å². The lowest BCUT2D eigenvalue weighted by Gasteiger charge is -2.12. The minimum atomic E-state index is -3.92. The van der Waals surface area contributed by atoms with Crippen LogP contribution in [0, 0.1) is 0 Å². The maximum atomic E-state index is 11.2. The minimum Gasteiger partial charge on any atom is -0.349 e. The fourth-order valence-corrected chi connectivity index (χ4v) is 1.96. The summed E-state index contributed by atoms with van der Waals surface area (Å²) in [5.41, 5.74) is 0. The molecule has 7 heteroatoms. The third-order valence-corrected chi connectivity index (χ3v) is 3.17. The molecule has 1 N–H and O–H groups in total. The lowest BCUT2D eigenvalue weighted by molar-refractivity contribution is -0.128. The van der Waals surface area contributed by atoms with Crippen LogP contribution in [0.3, 0.4) is 0 Å². The average Bonchev–Trinajstić information content (AvgIpc) is 2.09. The zero-order chi connectivity index (χ0) is 12.1. The molecule has 0 spiro atoms. The second-order valence-corrected chi connectivity index (χ2v) is 5.86. The normalized spacial score (nSPS) is 13.6. The number of carbonyl (C=O) groups excluding carboxylic acids is 1. The van der Waals surface area contributed by atoms with Crippen LogP contribution in [0.25, 0.3) is 0 Å². The monoisotopic (exact) mass is 255 g/mol. The summed E-state index contributed by atoms with van der Waals surface area (Å²) in [6.07, 6.45) is 1.10. The number of carbonyl (C=O) groups is 1. The van der Waals surface area contributed by atoms with Crippen molar-refractivity contribution in [1.82, 2.24) is 4.90 Å². The van der Waals surface area contributed by atoms with Crippen LogP contribution >= 0.6 is 12.6 Å². The van der Waals surface area contributed by atoms with E-state index in [9.17, 15) is 13.2 Å². The lowest BCUT2D eigenvalue weighted by Crippen LogP contribution is -2.22. The standard InChI is InChI=1S/C8H17NO4S2/c1-9(2)8(10)4-3-7(14)5-6-15(11,12)13/h7,14H,3-6H2,1-2H3,(H,11,12,13). The summed E-state index contributed by atoms with van der Waals surface area (Å²) in [5.74, 6) is -0.321. The topological polar surface area (TPSA) is 74.7 Å². The Hall–Kier alpha value is -0.270. The summed E-state index contributed by atoms with van der Waals surface area (Å²) >= 11 is 4.14. The average molecular weight is 255 g/mol. The first-order valence-corrected chi connectivity index (χ1v) is 6.68. The molecular formula is C8H17NO4S2. The van der Waals surface area contributed by atoms with Gasteiger partial charge in [0.05, 0.1) is 5.75 Å². The van der Waals surface area contributed by atoms with Crippen LogP contribution in [-0.4, -0.2) is 48.9 Å². The van der Waals surface area contributed by atoms with E-state index < -0.39 is 10.1 Å². The fourth-order valence-electron chi connectivity index (χ4n) is 0.943. The van der Waals surface area contributed by atoms with E-state index in [0.717, 1.165) is 0 Å². The van der Waals surface area contributed by atoms with E-state index in [-0.39, 0.29) is 23.3 Å². The van der Waals surface area contributed by atoms with E-state index >= 15 is 0 Å². The van der Waals surface area contributed by atoms with E-state index in [4.69, 9.17) is 4.55 Å². The van der Waals surface area contributed by atoms with E-state index in [1.807, 2.05) is 0 Å². The van der Waals surface area contributed by atoms with Crippen molar-refractivity contribution in [3.63, 3.8) is 0 Å². The third kappa shape index (κ3) is 8.71. The predicted molar refractivity (Wildman–Crippen MR) is 61.7 cm³/mol. The molecule has 1 unspecified atom stereocenters. The molecule has 0 aliphatic carbocycles. The van der Waals surface area contributed by atoms with E-state index in [2.05, 4.69) is 12.6 Å². The molecule has 0 aromatic heterocycles. The smallest absolute Gasteiger partial charge is 0.264 e. The first-order valence-electron chi connectivity index (χ1n) is 4.55. The molecule has 0 aliphatic rings. The van der Waals surface area contributed by atoms with Crippen LogP contribution in [0.4, 0.5) is 0 Å². The van der Waals surface area contributed by atoms with Gasteiger partial charge in [-0.1, -0.05) is 0 Å². The second kappa shape index (κ2) is 6.34.